The Morgan fingerprint density at radius 1 is 0.837 bits per heavy atom. The number of hydrogen-bond acceptors (Lipinski definition) is 9. The molecule has 1 saturated heterocycles. The van der Waals surface area contributed by atoms with Crippen molar-refractivity contribution in [2.75, 3.05) is 13.2 Å². The molecule has 14 nitrogen and oxygen atoms in total. The predicted molar refractivity (Wildman–Crippen MR) is 186 cm³/mol. The smallest absolute Gasteiger partial charge is 0.248 e. The molecule has 1 heterocycles. The second-order valence-electron chi connectivity index (χ2n) is 13.2. The number of hydrogen-bond donors (Lipinski definition) is 6. The summed E-state index contributed by atoms with van der Waals surface area (Å²) in [6.07, 6.45) is 18.4. The van der Waals surface area contributed by atoms with E-state index in [1.807, 2.05) is 6.92 Å². The van der Waals surface area contributed by atoms with Crippen molar-refractivity contribution in [1.82, 2.24) is 21.0 Å². The van der Waals surface area contributed by atoms with E-state index in [0.717, 1.165) is 25.7 Å². The molecule has 1 aliphatic heterocycles. The molecular formula is C35H64N6O8. The van der Waals surface area contributed by atoms with Crippen LogP contribution < -0.4 is 27.6 Å². The van der Waals surface area contributed by atoms with Gasteiger partial charge in [0.15, 0.2) is 0 Å². The van der Waals surface area contributed by atoms with Crippen LogP contribution in [0.5, 0.6) is 0 Å². The van der Waals surface area contributed by atoms with Gasteiger partial charge in [0.05, 0.1) is 25.2 Å². The maximum absolute atomic E-state index is 13.4. The van der Waals surface area contributed by atoms with Gasteiger partial charge in [0, 0.05) is 13.0 Å². The molecule has 14 heteroatoms. The van der Waals surface area contributed by atoms with Crippen LogP contribution in [0.15, 0.2) is 0 Å². The Morgan fingerprint density at radius 2 is 1.43 bits per heavy atom. The molecule has 1 aliphatic rings. The fourth-order valence-corrected chi connectivity index (χ4v) is 6.02. The number of amides is 5. The highest BCUT2D eigenvalue weighted by molar-refractivity contribution is 5.95. The minimum atomic E-state index is -1.40. The van der Waals surface area contributed by atoms with Gasteiger partial charge in [-0.25, -0.2) is 0 Å². The van der Waals surface area contributed by atoms with Gasteiger partial charge in [-0.05, 0) is 32.1 Å². The SMILES string of the molecule is CCCCCCCCCCCCCCCC(CC)ON[C@@H](CC(N)=O)C(=O)N[C@@H](CO)C(=O)N1CCC[C@H]1C(=O)N[C@H](C=O)CCC(N)=O. The van der Waals surface area contributed by atoms with E-state index in [1.165, 1.54) is 69.1 Å². The number of likely N-dealkylation sites (tertiary alicyclic amines) is 1. The lowest BCUT2D eigenvalue weighted by atomic mass is 10.0. The second-order valence-corrected chi connectivity index (χ2v) is 13.2. The largest absolute Gasteiger partial charge is 0.394 e. The fraction of sp³-hybridized carbons (Fsp3) is 0.829. The molecule has 0 bridgehead atoms. The summed E-state index contributed by atoms with van der Waals surface area (Å²) >= 11 is 0. The molecule has 0 aromatic carbocycles. The topological polar surface area (TPSA) is 223 Å². The highest BCUT2D eigenvalue weighted by Gasteiger charge is 2.38. The number of aldehydes is 1. The standard InChI is InChI=1S/C35H64N6O8/c1-3-5-6-7-8-9-10-11-12-13-14-15-16-18-27(4-2)49-40-28(23-32(37)45)33(46)39-29(25-43)35(48)41-22-17-19-30(41)34(47)38-26(24-42)20-21-31(36)44/h24,26-30,40,43H,3-23,25H2,1-2H3,(H2,36,44)(H2,37,45)(H,38,47)(H,39,46)/t26-,27?,28-,29-,30-/m0/s1. The maximum Gasteiger partial charge on any atom is 0.248 e. The lowest BCUT2D eigenvalue weighted by molar-refractivity contribution is -0.144. The van der Waals surface area contributed by atoms with Crippen LogP contribution in [0.2, 0.25) is 0 Å². The summed E-state index contributed by atoms with van der Waals surface area (Å²) < 4.78 is 0. The van der Waals surface area contributed by atoms with Gasteiger partial charge in [-0.3, -0.25) is 28.8 Å². The average molecular weight is 697 g/mol. The van der Waals surface area contributed by atoms with Crippen LogP contribution in [0.1, 0.15) is 142 Å². The van der Waals surface area contributed by atoms with Gasteiger partial charge in [-0.2, -0.15) is 5.48 Å². The summed E-state index contributed by atoms with van der Waals surface area (Å²) in [5.74, 6) is -3.43. The molecule has 5 atom stereocenters. The summed E-state index contributed by atoms with van der Waals surface area (Å²) in [6, 6.07) is -4.50. The highest BCUT2D eigenvalue weighted by atomic mass is 16.7. The Morgan fingerprint density at radius 3 is 1.94 bits per heavy atom. The summed E-state index contributed by atoms with van der Waals surface area (Å²) in [4.78, 5) is 80.7. The van der Waals surface area contributed by atoms with Crippen LogP contribution in [0, 0.1) is 0 Å². The molecule has 1 rings (SSSR count). The third kappa shape index (κ3) is 19.0. The molecule has 0 spiro atoms. The number of rotatable bonds is 30. The van der Waals surface area contributed by atoms with Crippen LogP contribution in [-0.4, -0.2) is 89.3 Å². The molecule has 1 fully saturated rings. The molecule has 5 amide bonds. The molecule has 0 aromatic heterocycles. The van der Waals surface area contributed by atoms with Gasteiger partial charge in [-0.1, -0.05) is 97.3 Å². The van der Waals surface area contributed by atoms with Crippen LogP contribution in [0.3, 0.4) is 0 Å². The van der Waals surface area contributed by atoms with Crippen molar-refractivity contribution in [2.24, 2.45) is 11.5 Å². The van der Waals surface area contributed by atoms with Crippen molar-refractivity contribution in [3.63, 3.8) is 0 Å². The zero-order valence-electron chi connectivity index (χ0n) is 29.9. The number of nitrogens with two attached hydrogens (primary N) is 2. The second kappa shape index (κ2) is 26.7. The predicted octanol–water partition coefficient (Wildman–Crippen LogP) is 2.43. The summed E-state index contributed by atoms with van der Waals surface area (Å²) in [7, 11) is 0. The minimum Gasteiger partial charge on any atom is -0.394 e. The molecule has 1 unspecified atom stereocenters. The van der Waals surface area contributed by atoms with E-state index < -0.39 is 66.7 Å². The van der Waals surface area contributed by atoms with Crippen LogP contribution >= 0.6 is 0 Å². The van der Waals surface area contributed by atoms with Crippen molar-refractivity contribution in [3.8, 4) is 0 Å². The fourth-order valence-electron chi connectivity index (χ4n) is 6.02. The van der Waals surface area contributed by atoms with Crippen molar-refractivity contribution in [2.45, 2.75) is 173 Å². The highest BCUT2D eigenvalue weighted by Crippen LogP contribution is 2.19. The van der Waals surface area contributed by atoms with Crippen LogP contribution in [0.25, 0.3) is 0 Å². The van der Waals surface area contributed by atoms with E-state index >= 15 is 0 Å². The molecule has 282 valence electrons. The number of carbonyl (C=O) groups excluding carboxylic acids is 6. The number of aliphatic hydroxyl groups is 1. The molecular weight excluding hydrogens is 632 g/mol. The first kappa shape index (κ1) is 43.9. The molecule has 8 N–H and O–H groups in total. The number of primary amides is 2. The van der Waals surface area contributed by atoms with Gasteiger partial charge >= 0.3 is 0 Å². The van der Waals surface area contributed by atoms with Crippen LogP contribution in [-0.2, 0) is 33.6 Å². The van der Waals surface area contributed by atoms with E-state index in [-0.39, 0.29) is 25.5 Å². The molecule has 0 aromatic rings. The molecule has 0 radical (unpaired) electrons. The van der Waals surface area contributed by atoms with E-state index in [9.17, 15) is 33.9 Å². The molecule has 49 heavy (non-hydrogen) atoms. The lowest BCUT2D eigenvalue weighted by Gasteiger charge is -2.29. The Kier molecular flexibility index (Phi) is 24.0. The number of nitrogens with zero attached hydrogens (tertiary/aromatic N) is 1. The zero-order valence-corrected chi connectivity index (χ0v) is 29.9. The number of hydroxylamine groups is 1. The van der Waals surface area contributed by atoms with Gasteiger partial charge in [0.1, 0.15) is 24.4 Å². The van der Waals surface area contributed by atoms with E-state index in [4.69, 9.17) is 16.3 Å². The molecule has 0 saturated carbocycles. The number of unbranched alkanes of at least 4 members (excludes halogenated alkanes) is 12. The van der Waals surface area contributed by atoms with E-state index in [2.05, 4.69) is 23.0 Å². The van der Waals surface area contributed by atoms with Crippen molar-refractivity contribution in [3.05, 3.63) is 0 Å². The number of aliphatic hydroxyl groups excluding tert-OH is 1. The van der Waals surface area contributed by atoms with E-state index in [1.54, 1.807) is 0 Å². The van der Waals surface area contributed by atoms with E-state index in [0.29, 0.717) is 25.5 Å². The Balaban J connectivity index is 2.56. The maximum atomic E-state index is 13.4. The Hall–Kier alpha value is -3.10. The van der Waals surface area contributed by atoms with Crippen molar-refractivity contribution >= 4 is 35.8 Å². The van der Waals surface area contributed by atoms with Crippen LogP contribution in [0.4, 0.5) is 0 Å². The summed E-state index contributed by atoms with van der Waals surface area (Å²) in [5.41, 5.74) is 13.2. The quantitative estimate of drug-likeness (QED) is 0.0368. The van der Waals surface area contributed by atoms with Crippen molar-refractivity contribution in [1.29, 1.82) is 0 Å². The normalized spacial score (nSPS) is 16.8. The average Bonchev–Trinajstić information content (AvgIpc) is 3.58. The summed E-state index contributed by atoms with van der Waals surface area (Å²) in [5, 5.41) is 15.0. The Labute approximate surface area is 292 Å². The first-order valence-corrected chi connectivity index (χ1v) is 18.5. The van der Waals surface area contributed by atoms with Gasteiger partial charge in [0.2, 0.25) is 29.5 Å². The Bertz CT molecular complexity index is 999. The number of nitrogens with one attached hydrogen (secondary N) is 3. The van der Waals surface area contributed by atoms with Gasteiger partial charge < -0.3 is 36.9 Å². The summed E-state index contributed by atoms with van der Waals surface area (Å²) in [6.45, 7) is 3.64. The zero-order chi connectivity index (χ0) is 36.4. The first-order chi connectivity index (χ1) is 23.6. The first-order valence-electron chi connectivity index (χ1n) is 18.5. The number of carbonyl (C=O) groups is 6. The molecule has 0 aliphatic carbocycles. The minimum absolute atomic E-state index is 0.0230. The third-order valence-electron chi connectivity index (χ3n) is 9.01. The third-order valence-corrected chi connectivity index (χ3v) is 9.01. The van der Waals surface area contributed by atoms with Crippen molar-refractivity contribution < 1.29 is 38.7 Å². The monoisotopic (exact) mass is 696 g/mol. The van der Waals surface area contributed by atoms with Gasteiger partial charge in [-0.15, -0.1) is 0 Å². The van der Waals surface area contributed by atoms with Gasteiger partial charge in [0.25, 0.3) is 0 Å². The lowest BCUT2D eigenvalue weighted by Crippen LogP contribution is -2.58.